The molecule has 1 saturated heterocycles. The Labute approximate surface area is 243 Å². The second-order valence-corrected chi connectivity index (χ2v) is 11.1. The summed E-state index contributed by atoms with van der Waals surface area (Å²) < 4.78 is 47.6. The molecule has 2 aromatic carbocycles. The van der Waals surface area contributed by atoms with Gasteiger partial charge in [0.25, 0.3) is 5.91 Å². The van der Waals surface area contributed by atoms with Gasteiger partial charge in [0.15, 0.2) is 5.75 Å². The molecule has 1 amide bonds. The molecule has 1 heterocycles. The van der Waals surface area contributed by atoms with Crippen LogP contribution in [0.5, 0.6) is 5.75 Å². The van der Waals surface area contributed by atoms with Crippen LogP contribution in [0.25, 0.3) is 6.08 Å². The summed E-state index contributed by atoms with van der Waals surface area (Å²) >= 11 is 0. The van der Waals surface area contributed by atoms with Crippen molar-refractivity contribution in [1.29, 1.82) is 10.8 Å². The molecular weight excluding hydrogens is 579 g/mol. The van der Waals surface area contributed by atoms with Crippen LogP contribution in [0, 0.1) is 10.8 Å². The highest BCUT2D eigenvalue weighted by atomic mass is 35.5. The minimum atomic E-state index is -4.60. The number of aliphatic carboxylic acids is 1. The Bertz CT molecular complexity index is 1460. The molecule has 0 atom stereocenters. The van der Waals surface area contributed by atoms with Gasteiger partial charge in [0.05, 0.1) is 23.6 Å². The third kappa shape index (κ3) is 8.91. The summed E-state index contributed by atoms with van der Waals surface area (Å²) in [5, 5.41) is 24.4. The summed E-state index contributed by atoms with van der Waals surface area (Å²) in [7, 11) is -4.60. The molecule has 222 valence electrons. The van der Waals surface area contributed by atoms with Gasteiger partial charge >= 0.3 is 5.97 Å². The molecule has 1 aliphatic heterocycles. The van der Waals surface area contributed by atoms with E-state index in [2.05, 4.69) is 0 Å². The Hall–Kier alpha value is -4.17. The predicted molar refractivity (Wildman–Crippen MR) is 156 cm³/mol. The van der Waals surface area contributed by atoms with Crippen molar-refractivity contribution < 1.29 is 32.2 Å². The van der Waals surface area contributed by atoms with Gasteiger partial charge in [-0.1, -0.05) is 18.2 Å². The van der Waals surface area contributed by atoms with E-state index in [-0.39, 0.29) is 41.3 Å². The van der Waals surface area contributed by atoms with Gasteiger partial charge in [-0.05, 0) is 42.8 Å². The lowest BCUT2D eigenvalue weighted by Gasteiger charge is -2.33. The van der Waals surface area contributed by atoms with Crippen LogP contribution in [-0.2, 0) is 14.8 Å². The fraction of sp³-hybridized carbons (Fsp3) is 0.308. The Morgan fingerprint density at radius 1 is 1.17 bits per heavy atom. The van der Waals surface area contributed by atoms with Gasteiger partial charge < -0.3 is 26.2 Å². The zero-order valence-electron chi connectivity index (χ0n) is 22.2. The molecule has 1 fully saturated rings. The maximum absolute atomic E-state index is 15.1. The van der Waals surface area contributed by atoms with Crippen LogP contribution in [0.15, 0.2) is 48.3 Å². The van der Waals surface area contributed by atoms with Gasteiger partial charge in [0.2, 0.25) is 10.0 Å². The number of sulfonamides is 1. The van der Waals surface area contributed by atoms with Crippen LogP contribution in [-0.4, -0.2) is 73.5 Å². The Morgan fingerprint density at radius 3 is 2.39 bits per heavy atom. The highest BCUT2D eigenvalue weighted by molar-refractivity contribution is 7.93. The van der Waals surface area contributed by atoms with Gasteiger partial charge in [-0.2, -0.15) is 0 Å². The molecule has 0 spiro atoms. The molecule has 0 saturated carbocycles. The number of likely N-dealkylation sites (tertiary alicyclic amines) is 1. The van der Waals surface area contributed by atoms with E-state index in [1.54, 1.807) is 19.1 Å². The molecular formula is C26H32ClFN6O6S. The van der Waals surface area contributed by atoms with E-state index in [0.29, 0.717) is 47.2 Å². The fourth-order valence-corrected chi connectivity index (χ4v) is 5.42. The number of carbonyl (C=O) groups is 2. The number of benzene rings is 2. The average Bonchev–Trinajstić information content (AvgIpc) is 2.87. The minimum absolute atomic E-state index is 0. The number of nitrogens with one attached hydrogen (secondary N) is 2. The van der Waals surface area contributed by atoms with Crippen molar-refractivity contribution in [1.82, 2.24) is 4.90 Å². The number of halogens is 2. The molecule has 41 heavy (non-hydrogen) atoms. The van der Waals surface area contributed by atoms with E-state index in [4.69, 9.17) is 32.1 Å². The number of carbonyl (C=O) groups excluding carboxylic acids is 1. The predicted octanol–water partition coefficient (Wildman–Crippen LogP) is 2.56. The SMILES string of the molecule is CC(=N)N1CCC(Oc2ccc(N(CC(F)=Cc3cccc(C(=N)N)c3)S(=O)(=O)CC(=O)O)cc2C(N)=O)CC1.Cl. The van der Waals surface area contributed by atoms with E-state index in [1.165, 1.54) is 24.3 Å². The number of hydrogen-bond donors (Lipinski definition) is 5. The van der Waals surface area contributed by atoms with Crippen molar-refractivity contribution in [3.63, 3.8) is 0 Å². The van der Waals surface area contributed by atoms with E-state index >= 15 is 4.39 Å². The summed E-state index contributed by atoms with van der Waals surface area (Å²) in [6.07, 6.45) is 1.91. The first-order valence-corrected chi connectivity index (χ1v) is 13.8. The molecule has 12 nitrogen and oxygen atoms in total. The van der Waals surface area contributed by atoms with Crippen molar-refractivity contribution in [2.75, 3.05) is 29.7 Å². The summed E-state index contributed by atoms with van der Waals surface area (Å²) in [6, 6.07) is 9.79. The van der Waals surface area contributed by atoms with Crippen molar-refractivity contribution >= 4 is 57.7 Å². The van der Waals surface area contributed by atoms with Crippen molar-refractivity contribution in [2.24, 2.45) is 11.5 Å². The maximum atomic E-state index is 15.1. The smallest absolute Gasteiger partial charge is 0.320 e. The molecule has 7 N–H and O–H groups in total. The van der Waals surface area contributed by atoms with E-state index in [0.717, 1.165) is 12.1 Å². The second kappa shape index (κ2) is 13.9. The van der Waals surface area contributed by atoms with Crippen LogP contribution in [0.4, 0.5) is 10.1 Å². The number of carboxylic acids is 1. The number of rotatable bonds is 11. The van der Waals surface area contributed by atoms with Crippen molar-refractivity contribution in [2.45, 2.75) is 25.9 Å². The second-order valence-electron chi connectivity index (χ2n) is 9.22. The molecule has 3 rings (SSSR count). The normalized spacial score (nSPS) is 14.1. The van der Waals surface area contributed by atoms with Gasteiger partial charge in [0, 0.05) is 31.5 Å². The van der Waals surface area contributed by atoms with Crippen LogP contribution >= 0.6 is 12.4 Å². The van der Waals surface area contributed by atoms with Gasteiger partial charge in [-0.25, -0.2) is 12.8 Å². The van der Waals surface area contributed by atoms with Crippen LogP contribution in [0.2, 0.25) is 0 Å². The number of nitrogens with zero attached hydrogens (tertiary/aromatic N) is 2. The summed E-state index contributed by atoms with van der Waals surface area (Å²) in [5.41, 5.74) is 11.3. The Balaban J connectivity index is 0.00000588. The van der Waals surface area contributed by atoms with E-state index in [9.17, 15) is 18.0 Å². The number of hydrogen-bond acceptors (Lipinski definition) is 7. The number of nitrogens with two attached hydrogens (primary N) is 2. The lowest BCUT2D eigenvalue weighted by Crippen LogP contribution is -2.40. The number of primary amides is 1. The van der Waals surface area contributed by atoms with Gasteiger partial charge in [-0.3, -0.25) is 24.7 Å². The number of nitrogen functional groups attached to an aromatic ring is 1. The van der Waals surface area contributed by atoms with E-state index < -0.39 is 40.0 Å². The number of ether oxygens (including phenoxy) is 1. The zero-order chi connectivity index (χ0) is 29.6. The molecule has 0 unspecified atom stereocenters. The number of amides is 1. The zero-order valence-corrected chi connectivity index (χ0v) is 23.8. The third-order valence-corrected chi connectivity index (χ3v) is 7.81. The summed E-state index contributed by atoms with van der Waals surface area (Å²) in [5.74, 6) is -4.52. The first-order chi connectivity index (χ1) is 18.8. The Kier molecular flexibility index (Phi) is 11.2. The summed E-state index contributed by atoms with van der Waals surface area (Å²) in [6.45, 7) is 1.99. The Morgan fingerprint density at radius 2 is 1.83 bits per heavy atom. The fourth-order valence-electron chi connectivity index (χ4n) is 4.20. The minimum Gasteiger partial charge on any atom is -0.489 e. The van der Waals surface area contributed by atoms with Crippen LogP contribution < -0.4 is 20.5 Å². The molecule has 1 aliphatic rings. The third-order valence-electron chi connectivity index (χ3n) is 6.18. The standard InChI is InChI=1S/C26H31FN6O6S.ClH/c1-16(28)32-9-7-21(8-10-32)39-23-6-5-20(13-22(23)26(31)36)33(40(37,38)15-24(34)35)14-19(27)12-17-3-2-4-18(11-17)25(29)30;/h2-6,11-13,21,28H,7-10,14-15H2,1H3,(H3,29,30)(H2,31,36)(H,34,35);1H. The number of piperidine rings is 1. The van der Waals surface area contributed by atoms with Gasteiger partial charge in [0.1, 0.15) is 23.5 Å². The molecule has 0 radical (unpaired) electrons. The number of anilines is 1. The first-order valence-electron chi connectivity index (χ1n) is 12.2. The highest BCUT2D eigenvalue weighted by Crippen LogP contribution is 2.30. The largest absolute Gasteiger partial charge is 0.489 e. The van der Waals surface area contributed by atoms with Gasteiger partial charge in [-0.15, -0.1) is 12.4 Å². The molecule has 15 heteroatoms. The molecule has 0 aromatic heterocycles. The lowest BCUT2D eigenvalue weighted by molar-refractivity contribution is -0.134. The maximum Gasteiger partial charge on any atom is 0.320 e. The summed E-state index contributed by atoms with van der Waals surface area (Å²) in [4.78, 5) is 25.5. The van der Waals surface area contributed by atoms with Crippen LogP contribution in [0.3, 0.4) is 0 Å². The number of amidine groups is 2. The lowest BCUT2D eigenvalue weighted by atomic mass is 10.1. The molecule has 2 aromatic rings. The molecule has 0 aliphatic carbocycles. The van der Waals surface area contributed by atoms with Crippen molar-refractivity contribution in [3.8, 4) is 5.75 Å². The van der Waals surface area contributed by atoms with Crippen LogP contribution in [0.1, 0.15) is 41.3 Å². The monoisotopic (exact) mass is 610 g/mol. The van der Waals surface area contributed by atoms with Crippen molar-refractivity contribution in [3.05, 3.63) is 65.0 Å². The topological polar surface area (TPSA) is 204 Å². The average molecular weight is 611 g/mol. The van der Waals surface area contributed by atoms with E-state index in [1.807, 2.05) is 4.90 Å². The quantitative estimate of drug-likeness (QED) is 0.188. The first kappa shape index (κ1) is 33.0. The molecule has 0 bridgehead atoms. The number of carboxylic acid groups (broad SMARTS) is 1. The highest BCUT2D eigenvalue weighted by Gasteiger charge is 2.29.